The van der Waals surface area contributed by atoms with E-state index in [0.717, 1.165) is 5.69 Å². The van der Waals surface area contributed by atoms with E-state index in [9.17, 15) is 14.4 Å². The Morgan fingerprint density at radius 1 is 0.840 bits per heavy atom. The van der Waals surface area contributed by atoms with Crippen LogP contribution in [0.2, 0.25) is 0 Å². The van der Waals surface area contributed by atoms with Crippen LogP contribution in [-0.4, -0.2) is 24.3 Å². The molecule has 2 N–H and O–H groups in total. The summed E-state index contributed by atoms with van der Waals surface area (Å²) in [6.45, 7) is 3.16. The lowest BCUT2D eigenvalue weighted by Crippen LogP contribution is -2.31. The lowest BCUT2D eigenvalue weighted by atomic mass is 10.2. The average Bonchev–Trinajstić information content (AvgIpc) is 2.56. The average molecular weight is 339 g/mol. The van der Waals surface area contributed by atoms with Gasteiger partial charge in [-0.2, -0.15) is 0 Å². The van der Waals surface area contributed by atoms with Gasteiger partial charge >= 0.3 is 0 Å². The third kappa shape index (κ3) is 5.76. The normalized spacial score (nSPS) is 10.0. The molecule has 2 aromatic rings. The molecule has 0 aliphatic heterocycles. The highest BCUT2D eigenvalue weighted by Crippen LogP contribution is 2.19. The minimum atomic E-state index is -0.160. The van der Waals surface area contributed by atoms with Gasteiger partial charge in [-0.05, 0) is 36.4 Å². The quantitative estimate of drug-likeness (QED) is 0.849. The number of carbonyl (C=O) groups excluding carboxylic acids is 3. The van der Waals surface area contributed by atoms with E-state index >= 15 is 0 Å². The van der Waals surface area contributed by atoms with Gasteiger partial charge in [0, 0.05) is 43.9 Å². The Bertz CT molecular complexity index is 742. The van der Waals surface area contributed by atoms with E-state index in [1.54, 1.807) is 36.4 Å². The molecular weight excluding hydrogens is 318 g/mol. The number of para-hydroxylation sites is 1. The number of amides is 3. The molecule has 3 amide bonds. The number of rotatable bonds is 6. The predicted octanol–water partition coefficient (Wildman–Crippen LogP) is 3.03. The lowest BCUT2D eigenvalue weighted by molar-refractivity contribution is -0.117. The summed E-state index contributed by atoms with van der Waals surface area (Å²) < 4.78 is 0. The van der Waals surface area contributed by atoms with Gasteiger partial charge in [-0.25, -0.2) is 0 Å². The van der Waals surface area contributed by atoms with E-state index in [1.807, 2.05) is 18.2 Å². The number of hydrogen-bond acceptors (Lipinski definition) is 3. The van der Waals surface area contributed by atoms with E-state index < -0.39 is 0 Å². The lowest BCUT2D eigenvalue weighted by Gasteiger charge is -2.21. The van der Waals surface area contributed by atoms with Gasteiger partial charge in [0.25, 0.3) is 0 Å². The smallest absolute Gasteiger partial charge is 0.226 e. The van der Waals surface area contributed by atoms with Gasteiger partial charge in [0.05, 0.1) is 0 Å². The van der Waals surface area contributed by atoms with Gasteiger partial charge < -0.3 is 15.5 Å². The van der Waals surface area contributed by atoms with Crippen molar-refractivity contribution in [3.8, 4) is 0 Å². The fraction of sp³-hybridized carbons (Fsp3) is 0.211. The number of carbonyl (C=O) groups is 3. The van der Waals surface area contributed by atoms with Crippen LogP contribution in [0.5, 0.6) is 0 Å². The van der Waals surface area contributed by atoms with Crippen molar-refractivity contribution in [2.24, 2.45) is 0 Å². The van der Waals surface area contributed by atoms with Crippen molar-refractivity contribution in [1.82, 2.24) is 0 Å². The number of anilines is 3. The Morgan fingerprint density at radius 2 is 1.44 bits per heavy atom. The van der Waals surface area contributed by atoms with Crippen molar-refractivity contribution >= 4 is 34.8 Å². The Morgan fingerprint density at radius 3 is 2.00 bits per heavy atom. The molecule has 0 fully saturated rings. The molecule has 25 heavy (non-hydrogen) atoms. The molecule has 2 aromatic carbocycles. The molecular formula is C19H21N3O3. The van der Waals surface area contributed by atoms with E-state index in [-0.39, 0.29) is 30.7 Å². The van der Waals surface area contributed by atoms with Crippen molar-refractivity contribution < 1.29 is 14.4 Å². The van der Waals surface area contributed by atoms with Gasteiger partial charge in [-0.15, -0.1) is 0 Å². The summed E-state index contributed by atoms with van der Waals surface area (Å²) in [5.74, 6) is -0.471. The highest BCUT2D eigenvalue weighted by molar-refractivity contribution is 5.95. The van der Waals surface area contributed by atoms with Gasteiger partial charge in [0.1, 0.15) is 0 Å². The maximum Gasteiger partial charge on any atom is 0.226 e. The zero-order valence-corrected chi connectivity index (χ0v) is 14.3. The Balaban J connectivity index is 1.97. The molecule has 0 unspecified atom stereocenters. The summed E-state index contributed by atoms with van der Waals surface area (Å²) in [7, 11) is 0. The maximum atomic E-state index is 12.0. The van der Waals surface area contributed by atoms with E-state index in [0.29, 0.717) is 11.4 Å². The Labute approximate surface area is 146 Å². The van der Waals surface area contributed by atoms with Crippen LogP contribution in [0.1, 0.15) is 20.3 Å². The number of nitrogens with one attached hydrogen (secondary N) is 2. The third-order valence-electron chi connectivity index (χ3n) is 3.50. The summed E-state index contributed by atoms with van der Waals surface area (Å²) in [6, 6.07) is 16.1. The molecule has 0 aliphatic rings. The van der Waals surface area contributed by atoms with Gasteiger partial charge in [-0.3, -0.25) is 14.4 Å². The molecule has 0 aromatic heterocycles. The maximum absolute atomic E-state index is 12.0. The van der Waals surface area contributed by atoms with Crippen molar-refractivity contribution in [3.05, 3.63) is 54.6 Å². The Kier molecular flexibility index (Phi) is 6.28. The van der Waals surface area contributed by atoms with Gasteiger partial charge in [0.2, 0.25) is 17.7 Å². The first-order valence-electron chi connectivity index (χ1n) is 7.96. The minimum absolute atomic E-state index is 0.153. The van der Waals surface area contributed by atoms with Crippen LogP contribution in [0.25, 0.3) is 0 Å². The minimum Gasteiger partial charge on any atom is -0.326 e. The first-order valence-corrected chi connectivity index (χ1v) is 7.96. The van der Waals surface area contributed by atoms with Crippen LogP contribution in [0.15, 0.2) is 54.6 Å². The molecule has 0 bridgehead atoms. The van der Waals surface area contributed by atoms with E-state index in [2.05, 4.69) is 10.6 Å². The van der Waals surface area contributed by atoms with E-state index in [1.165, 1.54) is 18.7 Å². The summed E-state index contributed by atoms with van der Waals surface area (Å²) in [5.41, 5.74) is 2.05. The second-order valence-corrected chi connectivity index (χ2v) is 5.56. The van der Waals surface area contributed by atoms with E-state index in [4.69, 9.17) is 0 Å². The first kappa shape index (κ1) is 18.2. The van der Waals surface area contributed by atoms with Crippen molar-refractivity contribution in [2.45, 2.75) is 20.3 Å². The zero-order valence-electron chi connectivity index (χ0n) is 14.3. The highest BCUT2D eigenvalue weighted by Gasteiger charge is 2.13. The second kappa shape index (κ2) is 8.63. The standard InChI is InChI=1S/C19H21N3O3/c1-14(23)20-17-8-10-18(11-9-17)22(15(2)24)13-12-19(25)21-16-6-4-3-5-7-16/h3-11H,12-13H2,1-2H3,(H,20,23)(H,21,25). The second-order valence-electron chi connectivity index (χ2n) is 5.56. The fourth-order valence-electron chi connectivity index (χ4n) is 2.35. The monoisotopic (exact) mass is 339 g/mol. The highest BCUT2D eigenvalue weighted by atomic mass is 16.2. The molecule has 0 spiro atoms. The number of hydrogen-bond donors (Lipinski definition) is 2. The molecule has 0 heterocycles. The summed E-state index contributed by atoms with van der Waals surface area (Å²) in [6.07, 6.45) is 0.182. The summed E-state index contributed by atoms with van der Waals surface area (Å²) in [4.78, 5) is 36.5. The van der Waals surface area contributed by atoms with Crippen LogP contribution in [0.4, 0.5) is 17.1 Å². The zero-order chi connectivity index (χ0) is 18.2. The van der Waals surface area contributed by atoms with Crippen molar-refractivity contribution in [1.29, 1.82) is 0 Å². The summed E-state index contributed by atoms with van der Waals surface area (Å²) in [5, 5.41) is 5.47. The summed E-state index contributed by atoms with van der Waals surface area (Å²) >= 11 is 0. The van der Waals surface area contributed by atoms with Gasteiger partial charge in [-0.1, -0.05) is 18.2 Å². The number of nitrogens with zero attached hydrogens (tertiary/aromatic N) is 1. The third-order valence-corrected chi connectivity index (χ3v) is 3.50. The SMILES string of the molecule is CC(=O)Nc1ccc(N(CCC(=O)Nc2ccccc2)C(C)=O)cc1. The van der Waals surface area contributed by atoms with Crippen LogP contribution in [-0.2, 0) is 14.4 Å². The largest absolute Gasteiger partial charge is 0.326 e. The molecule has 6 heteroatoms. The molecule has 6 nitrogen and oxygen atoms in total. The van der Waals surface area contributed by atoms with Crippen LogP contribution < -0.4 is 15.5 Å². The van der Waals surface area contributed by atoms with Crippen LogP contribution >= 0.6 is 0 Å². The molecule has 0 saturated heterocycles. The van der Waals surface area contributed by atoms with Crippen molar-refractivity contribution in [2.75, 3.05) is 22.1 Å². The van der Waals surface area contributed by atoms with Crippen molar-refractivity contribution in [3.63, 3.8) is 0 Å². The Hall–Kier alpha value is -3.15. The molecule has 0 aliphatic carbocycles. The number of benzene rings is 2. The molecule has 0 saturated carbocycles. The first-order chi connectivity index (χ1) is 12.0. The molecule has 0 radical (unpaired) electrons. The molecule has 2 rings (SSSR count). The fourth-order valence-corrected chi connectivity index (χ4v) is 2.35. The predicted molar refractivity (Wildman–Crippen MR) is 98.5 cm³/mol. The van der Waals surface area contributed by atoms with Crippen LogP contribution in [0, 0.1) is 0 Å². The molecule has 130 valence electrons. The molecule has 0 atom stereocenters. The van der Waals surface area contributed by atoms with Crippen LogP contribution in [0.3, 0.4) is 0 Å². The topological polar surface area (TPSA) is 78.5 Å². The van der Waals surface area contributed by atoms with Gasteiger partial charge in [0.15, 0.2) is 0 Å².